The molecule has 0 amide bonds. The quantitative estimate of drug-likeness (QED) is 0.735. The highest BCUT2D eigenvalue weighted by Gasteiger charge is 2.05. The standard InChI is InChI=1S/C9H11N5/c1-3-7(2)12-8-9-13-11-6-14(9)5-4-10-8/h3-7H,1H2,2H3,(H,10,12). The van der Waals surface area contributed by atoms with Gasteiger partial charge in [0.25, 0.3) is 0 Å². The van der Waals surface area contributed by atoms with Crippen LogP contribution in [0, 0.1) is 0 Å². The molecule has 0 aliphatic carbocycles. The van der Waals surface area contributed by atoms with Gasteiger partial charge in [0.15, 0.2) is 5.82 Å². The van der Waals surface area contributed by atoms with Gasteiger partial charge in [0.1, 0.15) is 6.33 Å². The predicted molar refractivity (Wildman–Crippen MR) is 54.1 cm³/mol. The molecule has 0 aliphatic rings. The van der Waals surface area contributed by atoms with Crippen LogP contribution in [0.3, 0.4) is 0 Å². The summed E-state index contributed by atoms with van der Waals surface area (Å²) in [5.74, 6) is 0.720. The van der Waals surface area contributed by atoms with E-state index in [1.54, 1.807) is 18.7 Å². The summed E-state index contributed by atoms with van der Waals surface area (Å²) in [6.07, 6.45) is 6.95. The lowest BCUT2D eigenvalue weighted by molar-refractivity contribution is 0.975. The van der Waals surface area contributed by atoms with Gasteiger partial charge in [-0.3, -0.25) is 4.40 Å². The number of anilines is 1. The van der Waals surface area contributed by atoms with Crippen molar-refractivity contribution in [1.82, 2.24) is 19.6 Å². The zero-order chi connectivity index (χ0) is 9.97. The molecule has 1 N–H and O–H groups in total. The Kier molecular flexibility index (Phi) is 2.14. The number of rotatable bonds is 3. The van der Waals surface area contributed by atoms with Crippen LogP contribution in [-0.4, -0.2) is 25.6 Å². The van der Waals surface area contributed by atoms with Crippen LogP contribution >= 0.6 is 0 Å². The average Bonchev–Trinajstić information content (AvgIpc) is 2.66. The van der Waals surface area contributed by atoms with Gasteiger partial charge in [-0.1, -0.05) is 6.08 Å². The molecule has 0 aliphatic heterocycles. The normalized spacial score (nSPS) is 12.6. The summed E-state index contributed by atoms with van der Waals surface area (Å²) in [5, 5.41) is 10.9. The Labute approximate surface area is 81.5 Å². The summed E-state index contributed by atoms with van der Waals surface area (Å²) < 4.78 is 1.81. The Morgan fingerprint density at radius 1 is 1.64 bits per heavy atom. The van der Waals surface area contributed by atoms with E-state index in [0.717, 1.165) is 11.5 Å². The third-order valence-electron chi connectivity index (χ3n) is 1.93. The molecular weight excluding hydrogens is 178 g/mol. The minimum Gasteiger partial charge on any atom is -0.361 e. The molecule has 2 aromatic rings. The number of aromatic nitrogens is 4. The summed E-state index contributed by atoms with van der Waals surface area (Å²) >= 11 is 0. The first-order chi connectivity index (χ1) is 6.81. The van der Waals surface area contributed by atoms with Gasteiger partial charge in [0.05, 0.1) is 0 Å². The SMILES string of the molecule is C=CC(C)Nc1nccn2cnnc12. The summed E-state index contributed by atoms with van der Waals surface area (Å²) in [4.78, 5) is 4.18. The molecule has 5 heteroatoms. The van der Waals surface area contributed by atoms with Crippen molar-refractivity contribution in [3.8, 4) is 0 Å². The van der Waals surface area contributed by atoms with E-state index in [-0.39, 0.29) is 6.04 Å². The van der Waals surface area contributed by atoms with Gasteiger partial charge in [-0.2, -0.15) is 0 Å². The van der Waals surface area contributed by atoms with Crippen LogP contribution in [0.25, 0.3) is 5.65 Å². The molecule has 0 fully saturated rings. The summed E-state index contributed by atoms with van der Waals surface area (Å²) in [7, 11) is 0. The topological polar surface area (TPSA) is 55.1 Å². The van der Waals surface area contributed by atoms with Crippen molar-refractivity contribution in [2.75, 3.05) is 5.32 Å². The van der Waals surface area contributed by atoms with Crippen LogP contribution in [0.5, 0.6) is 0 Å². The van der Waals surface area contributed by atoms with Crippen LogP contribution in [0.1, 0.15) is 6.92 Å². The lowest BCUT2D eigenvalue weighted by Crippen LogP contribution is -2.13. The molecule has 1 unspecified atom stereocenters. The highest BCUT2D eigenvalue weighted by molar-refractivity contribution is 5.61. The van der Waals surface area contributed by atoms with Crippen LogP contribution in [0.15, 0.2) is 31.4 Å². The molecule has 72 valence electrons. The van der Waals surface area contributed by atoms with E-state index < -0.39 is 0 Å². The molecule has 0 saturated carbocycles. The Morgan fingerprint density at radius 3 is 3.29 bits per heavy atom. The van der Waals surface area contributed by atoms with Crippen molar-refractivity contribution in [3.05, 3.63) is 31.4 Å². The third-order valence-corrected chi connectivity index (χ3v) is 1.93. The molecule has 2 heterocycles. The number of fused-ring (bicyclic) bond motifs is 1. The van der Waals surface area contributed by atoms with Gasteiger partial charge in [-0.05, 0) is 6.92 Å². The van der Waals surface area contributed by atoms with Gasteiger partial charge in [-0.15, -0.1) is 16.8 Å². The van der Waals surface area contributed by atoms with Crippen molar-refractivity contribution < 1.29 is 0 Å². The van der Waals surface area contributed by atoms with E-state index in [2.05, 4.69) is 27.1 Å². The van der Waals surface area contributed by atoms with E-state index >= 15 is 0 Å². The smallest absolute Gasteiger partial charge is 0.203 e. The summed E-state index contributed by atoms with van der Waals surface area (Å²) in [6.45, 7) is 5.69. The minimum absolute atomic E-state index is 0.158. The highest BCUT2D eigenvalue weighted by Crippen LogP contribution is 2.10. The zero-order valence-electron chi connectivity index (χ0n) is 7.88. The Balaban J connectivity index is 2.41. The average molecular weight is 189 g/mol. The number of nitrogens with one attached hydrogen (secondary N) is 1. The lowest BCUT2D eigenvalue weighted by atomic mass is 10.3. The van der Waals surface area contributed by atoms with Crippen LogP contribution < -0.4 is 5.32 Å². The van der Waals surface area contributed by atoms with Gasteiger partial charge < -0.3 is 5.32 Å². The predicted octanol–water partition coefficient (Wildman–Crippen LogP) is 1.11. The Morgan fingerprint density at radius 2 is 2.50 bits per heavy atom. The molecule has 0 bridgehead atoms. The van der Waals surface area contributed by atoms with Gasteiger partial charge in [0, 0.05) is 18.4 Å². The maximum absolute atomic E-state index is 4.18. The molecule has 0 saturated heterocycles. The van der Waals surface area contributed by atoms with E-state index in [1.807, 2.05) is 17.4 Å². The first-order valence-electron chi connectivity index (χ1n) is 4.34. The second-order valence-corrected chi connectivity index (χ2v) is 3.01. The van der Waals surface area contributed by atoms with Crippen LogP contribution in [-0.2, 0) is 0 Å². The molecule has 0 radical (unpaired) electrons. The first-order valence-corrected chi connectivity index (χ1v) is 4.34. The number of hydrogen-bond donors (Lipinski definition) is 1. The minimum atomic E-state index is 0.158. The molecule has 0 aromatic carbocycles. The fourth-order valence-electron chi connectivity index (χ4n) is 1.14. The van der Waals surface area contributed by atoms with Crippen molar-refractivity contribution >= 4 is 11.5 Å². The van der Waals surface area contributed by atoms with Gasteiger partial charge in [-0.25, -0.2) is 4.98 Å². The van der Waals surface area contributed by atoms with E-state index in [9.17, 15) is 0 Å². The zero-order valence-corrected chi connectivity index (χ0v) is 7.88. The van der Waals surface area contributed by atoms with Crippen LogP contribution in [0.4, 0.5) is 5.82 Å². The monoisotopic (exact) mass is 189 g/mol. The first kappa shape index (κ1) is 8.68. The van der Waals surface area contributed by atoms with Gasteiger partial charge >= 0.3 is 0 Å². The van der Waals surface area contributed by atoms with E-state index in [4.69, 9.17) is 0 Å². The van der Waals surface area contributed by atoms with Crippen LogP contribution in [0.2, 0.25) is 0 Å². The molecule has 1 atom stereocenters. The second kappa shape index (κ2) is 3.45. The largest absolute Gasteiger partial charge is 0.361 e. The van der Waals surface area contributed by atoms with E-state index in [1.165, 1.54) is 0 Å². The molecular formula is C9H11N5. The van der Waals surface area contributed by atoms with Crippen molar-refractivity contribution in [3.63, 3.8) is 0 Å². The molecule has 2 aromatic heterocycles. The molecule has 2 rings (SSSR count). The number of nitrogens with zero attached hydrogens (tertiary/aromatic N) is 4. The van der Waals surface area contributed by atoms with Crippen molar-refractivity contribution in [2.45, 2.75) is 13.0 Å². The Hall–Kier alpha value is -1.91. The Bertz CT molecular complexity index is 447. The maximum atomic E-state index is 4.18. The van der Waals surface area contributed by atoms with Gasteiger partial charge in [0.2, 0.25) is 5.65 Å². The summed E-state index contributed by atoms with van der Waals surface area (Å²) in [5.41, 5.74) is 0.723. The van der Waals surface area contributed by atoms with E-state index in [0.29, 0.717) is 0 Å². The number of hydrogen-bond acceptors (Lipinski definition) is 4. The van der Waals surface area contributed by atoms with Crippen molar-refractivity contribution in [1.29, 1.82) is 0 Å². The summed E-state index contributed by atoms with van der Waals surface area (Å²) in [6, 6.07) is 0.158. The highest BCUT2D eigenvalue weighted by atomic mass is 15.2. The second-order valence-electron chi connectivity index (χ2n) is 3.01. The third kappa shape index (κ3) is 1.44. The molecule has 14 heavy (non-hydrogen) atoms. The maximum Gasteiger partial charge on any atom is 0.203 e. The molecule has 5 nitrogen and oxygen atoms in total. The fraction of sp³-hybridized carbons (Fsp3) is 0.222. The van der Waals surface area contributed by atoms with Crippen molar-refractivity contribution in [2.24, 2.45) is 0 Å². The fourth-order valence-corrected chi connectivity index (χ4v) is 1.14. The molecule has 0 spiro atoms. The lowest BCUT2D eigenvalue weighted by Gasteiger charge is -2.09.